The lowest BCUT2D eigenvalue weighted by molar-refractivity contribution is -0.129. The SMILES string of the molecule is CSCC[C@@H](O)C(=O)NCCN1CCN(c2ncccn2)CC1. The molecule has 2 rings (SSSR count). The molecule has 128 valence electrons. The first-order valence-electron chi connectivity index (χ1n) is 7.89. The third kappa shape index (κ3) is 5.96. The highest BCUT2D eigenvalue weighted by Crippen LogP contribution is 2.09. The van der Waals surface area contributed by atoms with E-state index in [1.807, 2.05) is 12.3 Å². The van der Waals surface area contributed by atoms with Gasteiger partial charge in [0.1, 0.15) is 6.10 Å². The first-order chi connectivity index (χ1) is 11.2. The Kier molecular flexibility index (Phi) is 7.57. The molecule has 7 nitrogen and oxygen atoms in total. The minimum absolute atomic E-state index is 0.268. The highest BCUT2D eigenvalue weighted by molar-refractivity contribution is 7.98. The molecule has 1 amide bonds. The average Bonchev–Trinajstić information content (AvgIpc) is 2.61. The molecule has 23 heavy (non-hydrogen) atoms. The van der Waals surface area contributed by atoms with Crippen molar-refractivity contribution in [3.8, 4) is 0 Å². The Hall–Kier alpha value is -1.38. The number of aliphatic hydroxyl groups excluding tert-OH is 1. The van der Waals surface area contributed by atoms with Crippen molar-refractivity contribution in [2.75, 3.05) is 56.2 Å². The first-order valence-corrected chi connectivity index (χ1v) is 9.29. The zero-order chi connectivity index (χ0) is 16.5. The summed E-state index contributed by atoms with van der Waals surface area (Å²) < 4.78 is 0. The number of hydrogen-bond donors (Lipinski definition) is 2. The van der Waals surface area contributed by atoms with E-state index in [0.717, 1.165) is 44.4 Å². The molecule has 0 unspecified atom stereocenters. The number of carbonyl (C=O) groups is 1. The maximum Gasteiger partial charge on any atom is 0.248 e. The van der Waals surface area contributed by atoms with E-state index in [1.54, 1.807) is 24.2 Å². The van der Waals surface area contributed by atoms with Gasteiger partial charge in [0.15, 0.2) is 0 Å². The van der Waals surface area contributed by atoms with Crippen LogP contribution in [0.25, 0.3) is 0 Å². The molecule has 0 aliphatic carbocycles. The van der Waals surface area contributed by atoms with Gasteiger partial charge in [-0.2, -0.15) is 11.8 Å². The van der Waals surface area contributed by atoms with Crippen molar-refractivity contribution >= 4 is 23.6 Å². The van der Waals surface area contributed by atoms with Crippen molar-refractivity contribution in [1.29, 1.82) is 0 Å². The van der Waals surface area contributed by atoms with Crippen LogP contribution in [0, 0.1) is 0 Å². The number of thioether (sulfide) groups is 1. The summed E-state index contributed by atoms with van der Waals surface area (Å²) in [5.41, 5.74) is 0. The predicted octanol–water partition coefficient (Wildman–Crippen LogP) is -0.171. The molecule has 1 saturated heterocycles. The van der Waals surface area contributed by atoms with Crippen molar-refractivity contribution in [2.24, 2.45) is 0 Å². The van der Waals surface area contributed by atoms with Crippen LogP contribution in [0.15, 0.2) is 18.5 Å². The molecule has 1 atom stereocenters. The first kappa shape index (κ1) is 18.0. The van der Waals surface area contributed by atoms with Gasteiger partial charge in [-0.1, -0.05) is 0 Å². The van der Waals surface area contributed by atoms with E-state index in [-0.39, 0.29) is 5.91 Å². The number of piperazine rings is 1. The maximum atomic E-state index is 11.7. The van der Waals surface area contributed by atoms with Crippen LogP contribution in [0.5, 0.6) is 0 Å². The zero-order valence-corrected chi connectivity index (χ0v) is 14.3. The Morgan fingerprint density at radius 2 is 2.04 bits per heavy atom. The molecular formula is C15H25N5O2S. The molecule has 0 radical (unpaired) electrons. The van der Waals surface area contributed by atoms with Crippen molar-refractivity contribution in [2.45, 2.75) is 12.5 Å². The maximum absolute atomic E-state index is 11.7. The highest BCUT2D eigenvalue weighted by atomic mass is 32.2. The minimum Gasteiger partial charge on any atom is -0.383 e. The fraction of sp³-hybridized carbons (Fsp3) is 0.667. The van der Waals surface area contributed by atoms with E-state index >= 15 is 0 Å². The molecular weight excluding hydrogens is 314 g/mol. The number of anilines is 1. The van der Waals surface area contributed by atoms with Gasteiger partial charge in [-0.15, -0.1) is 0 Å². The summed E-state index contributed by atoms with van der Waals surface area (Å²) in [5, 5.41) is 12.5. The van der Waals surface area contributed by atoms with Crippen molar-refractivity contribution < 1.29 is 9.90 Å². The Balaban J connectivity index is 1.62. The average molecular weight is 339 g/mol. The summed E-state index contributed by atoms with van der Waals surface area (Å²) in [6.45, 7) is 4.97. The minimum atomic E-state index is -0.894. The van der Waals surface area contributed by atoms with Crippen LogP contribution in [0.4, 0.5) is 5.95 Å². The van der Waals surface area contributed by atoms with Crippen LogP contribution in [0.1, 0.15) is 6.42 Å². The Bertz CT molecular complexity index is 468. The van der Waals surface area contributed by atoms with E-state index in [9.17, 15) is 9.90 Å². The van der Waals surface area contributed by atoms with E-state index in [1.165, 1.54) is 0 Å². The molecule has 1 aromatic rings. The number of aliphatic hydroxyl groups is 1. The van der Waals surface area contributed by atoms with Gasteiger partial charge in [-0.25, -0.2) is 9.97 Å². The fourth-order valence-electron chi connectivity index (χ4n) is 2.44. The van der Waals surface area contributed by atoms with Crippen molar-refractivity contribution in [3.63, 3.8) is 0 Å². The molecule has 0 aromatic carbocycles. The van der Waals surface area contributed by atoms with E-state index < -0.39 is 6.10 Å². The summed E-state index contributed by atoms with van der Waals surface area (Å²) in [4.78, 5) is 24.7. The lowest BCUT2D eigenvalue weighted by Crippen LogP contribution is -2.49. The van der Waals surface area contributed by atoms with Crippen LogP contribution in [-0.4, -0.2) is 83.3 Å². The quantitative estimate of drug-likeness (QED) is 0.680. The summed E-state index contributed by atoms with van der Waals surface area (Å²) in [5.74, 6) is 1.30. The molecule has 1 aliphatic rings. The Morgan fingerprint density at radius 3 is 2.70 bits per heavy atom. The van der Waals surface area contributed by atoms with Crippen LogP contribution in [0.2, 0.25) is 0 Å². The number of carbonyl (C=O) groups excluding carboxylic acids is 1. The molecule has 1 aliphatic heterocycles. The molecule has 2 N–H and O–H groups in total. The van der Waals surface area contributed by atoms with Crippen LogP contribution in [0.3, 0.4) is 0 Å². The van der Waals surface area contributed by atoms with E-state index in [4.69, 9.17) is 0 Å². The van der Waals surface area contributed by atoms with Gasteiger partial charge in [0.25, 0.3) is 0 Å². The Labute approximate surface area is 141 Å². The molecule has 8 heteroatoms. The van der Waals surface area contributed by atoms with Gasteiger partial charge in [0.05, 0.1) is 0 Å². The van der Waals surface area contributed by atoms with E-state index in [0.29, 0.717) is 13.0 Å². The third-order valence-electron chi connectivity index (χ3n) is 3.83. The smallest absolute Gasteiger partial charge is 0.248 e. The van der Waals surface area contributed by atoms with E-state index in [2.05, 4.69) is 25.1 Å². The van der Waals surface area contributed by atoms with Gasteiger partial charge in [0.2, 0.25) is 11.9 Å². The highest BCUT2D eigenvalue weighted by Gasteiger charge is 2.19. The van der Waals surface area contributed by atoms with Gasteiger partial charge in [-0.05, 0) is 24.5 Å². The van der Waals surface area contributed by atoms with Gasteiger partial charge < -0.3 is 15.3 Å². The predicted molar refractivity (Wildman–Crippen MR) is 92.7 cm³/mol. The monoisotopic (exact) mass is 339 g/mol. The van der Waals surface area contributed by atoms with Gasteiger partial charge in [-0.3, -0.25) is 9.69 Å². The topological polar surface area (TPSA) is 81.6 Å². The molecule has 2 heterocycles. The summed E-state index contributed by atoms with van der Waals surface area (Å²) in [7, 11) is 0. The van der Waals surface area contributed by atoms with Crippen molar-refractivity contribution in [1.82, 2.24) is 20.2 Å². The molecule has 0 bridgehead atoms. The number of aromatic nitrogens is 2. The zero-order valence-electron chi connectivity index (χ0n) is 13.5. The number of nitrogens with zero attached hydrogens (tertiary/aromatic N) is 4. The molecule has 1 aromatic heterocycles. The van der Waals surface area contributed by atoms with Crippen LogP contribution < -0.4 is 10.2 Å². The molecule has 0 saturated carbocycles. The Morgan fingerprint density at radius 1 is 1.35 bits per heavy atom. The summed E-state index contributed by atoms with van der Waals surface area (Å²) >= 11 is 1.63. The lowest BCUT2D eigenvalue weighted by atomic mass is 10.2. The second-order valence-electron chi connectivity index (χ2n) is 5.47. The normalized spacial score (nSPS) is 17.0. The third-order valence-corrected chi connectivity index (χ3v) is 4.48. The summed E-state index contributed by atoms with van der Waals surface area (Å²) in [6, 6.07) is 1.82. The van der Waals surface area contributed by atoms with Gasteiger partial charge in [0, 0.05) is 51.7 Å². The number of rotatable bonds is 8. The van der Waals surface area contributed by atoms with Crippen LogP contribution >= 0.6 is 11.8 Å². The molecule has 0 spiro atoms. The number of amides is 1. The second-order valence-corrected chi connectivity index (χ2v) is 6.45. The standard InChI is InChI=1S/C15H25N5O2S/c1-23-12-3-13(21)14(22)16-6-7-19-8-10-20(11-9-19)15-17-4-2-5-18-15/h2,4-5,13,21H,3,6-12H2,1H3,(H,16,22)/t13-/m1/s1. The number of hydrogen-bond acceptors (Lipinski definition) is 7. The second kappa shape index (κ2) is 9.69. The summed E-state index contributed by atoms with van der Waals surface area (Å²) in [6.07, 6.45) is 5.08. The van der Waals surface area contributed by atoms with Gasteiger partial charge >= 0.3 is 0 Å². The molecule has 1 fully saturated rings. The lowest BCUT2D eigenvalue weighted by Gasteiger charge is -2.34. The van der Waals surface area contributed by atoms with Crippen molar-refractivity contribution in [3.05, 3.63) is 18.5 Å². The van der Waals surface area contributed by atoms with Crippen LogP contribution in [-0.2, 0) is 4.79 Å². The fourth-order valence-corrected chi connectivity index (χ4v) is 2.90. The largest absolute Gasteiger partial charge is 0.383 e. The number of nitrogens with one attached hydrogen (secondary N) is 1.